The predicted molar refractivity (Wildman–Crippen MR) is 117 cm³/mol. The van der Waals surface area contributed by atoms with Crippen LogP contribution in [0.3, 0.4) is 0 Å². The van der Waals surface area contributed by atoms with Crippen molar-refractivity contribution >= 4 is 45.0 Å². The number of nitrogens with one attached hydrogen (secondary N) is 1. The maximum atomic E-state index is 12.7. The summed E-state index contributed by atoms with van der Waals surface area (Å²) in [6.07, 6.45) is 0.163. The van der Waals surface area contributed by atoms with E-state index in [0.717, 1.165) is 10.2 Å². The Bertz CT molecular complexity index is 927. The number of hydrogen-bond acceptors (Lipinski definition) is 3. The van der Waals surface area contributed by atoms with Gasteiger partial charge in [-0.05, 0) is 50.2 Å². The number of amides is 3. The van der Waals surface area contributed by atoms with Crippen LogP contribution in [0.25, 0.3) is 0 Å². The van der Waals surface area contributed by atoms with Crippen LogP contribution >= 0.6 is 15.9 Å². The zero-order valence-corrected chi connectivity index (χ0v) is 18.1. The Labute approximate surface area is 179 Å². The minimum Gasteiger partial charge on any atom is -0.339 e. The van der Waals surface area contributed by atoms with E-state index in [-0.39, 0.29) is 24.1 Å². The van der Waals surface area contributed by atoms with Crippen molar-refractivity contribution in [2.24, 2.45) is 5.92 Å². The van der Waals surface area contributed by atoms with Gasteiger partial charge in [-0.15, -0.1) is 0 Å². The maximum Gasteiger partial charge on any atom is 0.253 e. The van der Waals surface area contributed by atoms with Crippen molar-refractivity contribution in [1.29, 1.82) is 0 Å². The minimum atomic E-state index is -0.441. The van der Waals surface area contributed by atoms with E-state index in [1.54, 1.807) is 34.1 Å². The first-order valence-electron chi connectivity index (χ1n) is 9.69. The van der Waals surface area contributed by atoms with Crippen molar-refractivity contribution in [3.63, 3.8) is 0 Å². The van der Waals surface area contributed by atoms with Crippen LogP contribution in [0.4, 0.5) is 11.4 Å². The first-order chi connectivity index (χ1) is 13.9. The quantitative estimate of drug-likeness (QED) is 0.714. The van der Waals surface area contributed by atoms with Crippen LogP contribution in [0.5, 0.6) is 0 Å². The molecule has 0 aliphatic carbocycles. The molecule has 0 radical (unpaired) electrons. The van der Waals surface area contributed by atoms with E-state index in [0.29, 0.717) is 30.9 Å². The van der Waals surface area contributed by atoms with Crippen LogP contribution < -0.4 is 10.2 Å². The average Bonchev–Trinajstić information content (AvgIpc) is 3.11. The minimum absolute atomic E-state index is 0.0667. The van der Waals surface area contributed by atoms with Gasteiger partial charge >= 0.3 is 0 Å². The van der Waals surface area contributed by atoms with Crippen LogP contribution in [0, 0.1) is 5.92 Å². The second-order valence-electron chi connectivity index (χ2n) is 6.93. The maximum absolute atomic E-state index is 12.7. The molecule has 6 nitrogen and oxygen atoms in total. The fourth-order valence-electron chi connectivity index (χ4n) is 3.44. The van der Waals surface area contributed by atoms with Gasteiger partial charge in [0, 0.05) is 47.5 Å². The van der Waals surface area contributed by atoms with Gasteiger partial charge in [0.05, 0.1) is 5.92 Å². The second kappa shape index (κ2) is 9.22. The molecule has 2 aromatic carbocycles. The summed E-state index contributed by atoms with van der Waals surface area (Å²) in [6.45, 7) is 5.45. The highest BCUT2D eigenvalue weighted by Crippen LogP contribution is 2.28. The van der Waals surface area contributed by atoms with E-state index < -0.39 is 5.92 Å². The molecule has 1 aliphatic heterocycles. The lowest BCUT2D eigenvalue weighted by atomic mass is 10.1. The Hall–Kier alpha value is -2.67. The van der Waals surface area contributed by atoms with Crippen LogP contribution in [0.1, 0.15) is 30.6 Å². The summed E-state index contributed by atoms with van der Waals surface area (Å²) in [5.74, 6) is -0.802. The third-order valence-corrected chi connectivity index (χ3v) is 5.54. The third kappa shape index (κ3) is 4.85. The van der Waals surface area contributed by atoms with E-state index in [1.165, 1.54) is 0 Å². The molecule has 29 heavy (non-hydrogen) atoms. The molecular formula is C22H24BrN3O3. The summed E-state index contributed by atoms with van der Waals surface area (Å²) in [6, 6.07) is 14.4. The van der Waals surface area contributed by atoms with Crippen molar-refractivity contribution < 1.29 is 14.4 Å². The van der Waals surface area contributed by atoms with Crippen molar-refractivity contribution in [3.8, 4) is 0 Å². The number of rotatable bonds is 6. The summed E-state index contributed by atoms with van der Waals surface area (Å²) in [7, 11) is 0. The highest BCUT2D eigenvalue weighted by Gasteiger charge is 2.35. The smallest absolute Gasteiger partial charge is 0.253 e. The number of carbonyl (C=O) groups is 3. The molecule has 7 heteroatoms. The second-order valence-corrected chi connectivity index (χ2v) is 7.85. The molecule has 3 amide bonds. The molecule has 3 rings (SSSR count). The summed E-state index contributed by atoms with van der Waals surface area (Å²) in [4.78, 5) is 41.0. The molecule has 0 spiro atoms. The molecule has 1 aliphatic rings. The van der Waals surface area contributed by atoms with Gasteiger partial charge in [0.1, 0.15) is 0 Å². The van der Waals surface area contributed by atoms with Gasteiger partial charge in [0.2, 0.25) is 11.8 Å². The first kappa shape index (κ1) is 21.0. The lowest BCUT2D eigenvalue weighted by Gasteiger charge is -2.19. The van der Waals surface area contributed by atoms with Gasteiger partial charge in [-0.3, -0.25) is 14.4 Å². The Kier molecular flexibility index (Phi) is 6.69. The standard InChI is InChI=1S/C22H24BrN3O3/c1-3-25(4-2)22(29)15-7-5-9-18(11-15)24-21(28)16-12-20(27)26(14-16)19-10-6-8-17(23)13-19/h5-11,13,16H,3-4,12,14H2,1-2H3,(H,24,28). The molecule has 2 aromatic rings. The Morgan fingerprint density at radius 3 is 2.55 bits per heavy atom. The number of nitrogens with zero attached hydrogens (tertiary/aromatic N) is 2. The summed E-state index contributed by atoms with van der Waals surface area (Å²) in [5.41, 5.74) is 1.86. The highest BCUT2D eigenvalue weighted by atomic mass is 79.9. The number of halogens is 1. The average molecular weight is 458 g/mol. The molecule has 1 N–H and O–H groups in total. The number of carbonyl (C=O) groups excluding carboxylic acids is 3. The Balaban J connectivity index is 1.69. The summed E-state index contributed by atoms with van der Waals surface area (Å²) < 4.78 is 0.880. The third-order valence-electron chi connectivity index (χ3n) is 5.04. The zero-order chi connectivity index (χ0) is 21.0. The highest BCUT2D eigenvalue weighted by molar-refractivity contribution is 9.10. The van der Waals surface area contributed by atoms with E-state index in [2.05, 4.69) is 21.2 Å². The first-order valence-corrected chi connectivity index (χ1v) is 10.5. The van der Waals surface area contributed by atoms with Gasteiger partial charge < -0.3 is 15.1 Å². The zero-order valence-electron chi connectivity index (χ0n) is 16.5. The van der Waals surface area contributed by atoms with Gasteiger partial charge in [0.25, 0.3) is 5.91 Å². The monoisotopic (exact) mass is 457 g/mol. The SMILES string of the molecule is CCN(CC)C(=O)c1cccc(NC(=O)C2CC(=O)N(c3cccc(Br)c3)C2)c1. The van der Waals surface area contributed by atoms with Crippen molar-refractivity contribution in [3.05, 3.63) is 58.6 Å². The topological polar surface area (TPSA) is 69.7 Å². The van der Waals surface area contributed by atoms with Crippen LogP contribution in [0.2, 0.25) is 0 Å². The van der Waals surface area contributed by atoms with Crippen LogP contribution in [-0.2, 0) is 9.59 Å². The van der Waals surface area contributed by atoms with Crippen LogP contribution in [-0.4, -0.2) is 42.3 Å². The number of benzene rings is 2. The Morgan fingerprint density at radius 1 is 1.14 bits per heavy atom. The fraction of sp³-hybridized carbons (Fsp3) is 0.318. The predicted octanol–water partition coefficient (Wildman–Crippen LogP) is 3.92. The van der Waals surface area contributed by atoms with Crippen LogP contribution in [0.15, 0.2) is 53.0 Å². The lowest BCUT2D eigenvalue weighted by Crippen LogP contribution is -2.30. The molecule has 1 fully saturated rings. The molecular weight excluding hydrogens is 434 g/mol. The fourth-order valence-corrected chi connectivity index (χ4v) is 3.83. The van der Waals surface area contributed by atoms with Crippen molar-refractivity contribution in [1.82, 2.24) is 4.90 Å². The van der Waals surface area contributed by atoms with E-state index in [9.17, 15) is 14.4 Å². The summed E-state index contributed by atoms with van der Waals surface area (Å²) >= 11 is 3.41. The summed E-state index contributed by atoms with van der Waals surface area (Å²) in [5, 5.41) is 2.86. The molecule has 1 heterocycles. The van der Waals surface area contributed by atoms with Crippen molar-refractivity contribution in [2.45, 2.75) is 20.3 Å². The van der Waals surface area contributed by atoms with E-state index in [4.69, 9.17) is 0 Å². The lowest BCUT2D eigenvalue weighted by molar-refractivity contribution is -0.122. The van der Waals surface area contributed by atoms with Gasteiger partial charge in [-0.2, -0.15) is 0 Å². The van der Waals surface area contributed by atoms with Gasteiger partial charge in [-0.1, -0.05) is 28.1 Å². The number of hydrogen-bond donors (Lipinski definition) is 1. The van der Waals surface area contributed by atoms with Gasteiger partial charge in [0.15, 0.2) is 0 Å². The Morgan fingerprint density at radius 2 is 1.86 bits per heavy atom. The van der Waals surface area contributed by atoms with E-state index in [1.807, 2.05) is 38.1 Å². The molecule has 0 aromatic heterocycles. The number of anilines is 2. The molecule has 0 bridgehead atoms. The molecule has 1 saturated heterocycles. The van der Waals surface area contributed by atoms with Gasteiger partial charge in [-0.25, -0.2) is 0 Å². The largest absolute Gasteiger partial charge is 0.339 e. The van der Waals surface area contributed by atoms with Crippen molar-refractivity contribution in [2.75, 3.05) is 29.9 Å². The van der Waals surface area contributed by atoms with E-state index >= 15 is 0 Å². The molecule has 1 atom stereocenters. The molecule has 0 saturated carbocycles. The molecule has 1 unspecified atom stereocenters. The normalized spacial score (nSPS) is 16.0. The molecule has 152 valence electrons.